The Hall–Kier alpha value is -0.770. The average Bonchev–Trinajstić information content (AvgIpc) is 2.25. The number of nitrogens with zero attached hydrogens (tertiary/aromatic N) is 2. The standard InChI is InChI=1S/C11H17BrN2O/c1-9(2)14(8-7-12)10-5-4-6-11(13-10)15-3/h4-6,9H,7-8H2,1-3H3. The third kappa shape index (κ3) is 3.38. The van der Waals surface area contributed by atoms with Crippen molar-refractivity contribution in [3.8, 4) is 5.88 Å². The van der Waals surface area contributed by atoms with Crippen molar-refractivity contribution in [2.45, 2.75) is 19.9 Å². The lowest BCUT2D eigenvalue weighted by molar-refractivity contribution is 0.397. The molecule has 0 aliphatic rings. The van der Waals surface area contributed by atoms with Crippen LogP contribution in [0.15, 0.2) is 18.2 Å². The minimum Gasteiger partial charge on any atom is -0.481 e. The van der Waals surface area contributed by atoms with Gasteiger partial charge in [-0.2, -0.15) is 4.98 Å². The Labute approximate surface area is 99.6 Å². The molecule has 0 unspecified atom stereocenters. The SMILES string of the molecule is COc1cccc(N(CCBr)C(C)C)n1. The van der Waals surface area contributed by atoms with Crippen molar-refractivity contribution >= 4 is 21.7 Å². The second-order valence-corrected chi connectivity index (χ2v) is 4.31. The quantitative estimate of drug-likeness (QED) is 0.771. The first kappa shape index (κ1) is 12.3. The van der Waals surface area contributed by atoms with Gasteiger partial charge in [0.1, 0.15) is 5.82 Å². The summed E-state index contributed by atoms with van der Waals surface area (Å²) in [6.45, 7) is 5.26. The Kier molecular flexibility index (Phi) is 4.88. The molecule has 0 amide bonds. The van der Waals surface area contributed by atoms with Gasteiger partial charge >= 0.3 is 0 Å². The van der Waals surface area contributed by atoms with E-state index in [1.165, 1.54) is 0 Å². The molecule has 0 fully saturated rings. The van der Waals surface area contributed by atoms with E-state index in [1.807, 2.05) is 18.2 Å². The van der Waals surface area contributed by atoms with E-state index in [-0.39, 0.29) is 0 Å². The van der Waals surface area contributed by atoms with Crippen LogP contribution in [0.4, 0.5) is 5.82 Å². The number of halogens is 1. The summed E-state index contributed by atoms with van der Waals surface area (Å²) in [6, 6.07) is 6.26. The Morgan fingerprint density at radius 3 is 2.73 bits per heavy atom. The number of alkyl halides is 1. The van der Waals surface area contributed by atoms with Gasteiger partial charge in [0, 0.05) is 24.0 Å². The van der Waals surface area contributed by atoms with Crippen LogP contribution in [0, 0.1) is 0 Å². The molecular formula is C11H17BrN2O. The Balaban J connectivity index is 2.89. The number of hydrogen-bond donors (Lipinski definition) is 0. The van der Waals surface area contributed by atoms with Crippen molar-refractivity contribution in [3.05, 3.63) is 18.2 Å². The molecule has 0 spiro atoms. The molecule has 0 N–H and O–H groups in total. The molecule has 0 saturated heterocycles. The average molecular weight is 273 g/mol. The fourth-order valence-electron chi connectivity index (χ4n) is 1.41. The van der Waals surface area contributed by atoms with Gasteiger partial charge in [0.05, 0.1) is 7.11 Å². The maximum Gasteiger partial charge on any atom is 0.214 e. The van der Waals surface area contributed by atoms with Gasteiger partial charge in [-0.1, -0.05) is 22.0 Å². The van der Waals surface area contributed by atoms with Crippen LogP contribution in [0.1, 0.15) is 13.8 Å². The summed E-state index contributed by atoms with van der Waals surface area (Å²) in [5, 5.41) is 0.935. The van der Waals surface area contributed by atoms with Crippen LogP contribution < -0.4 is 9.64 Å². The van der Waals surface area contributed by atoms with Gasteiger partial charge in [-0.05, 0) is 19.9 Å². The summed E-state index contributed by atoms with van der Waals surface area (Å²) in [5.41, 5.74) is 0. The fraction of sp³-hybridized carbons (Fsp3) is 0.545. The monoisotopic (exact) mass is 272 g/mol. The molecule has 15 heavy (non-hydrogen) atoms. The third-order valence-corrected chi connectivity index (χ3v) is 2.52. The molecule has 1 aromatic rings. The van der Waals surface area contributed by atoms with Gasteiger partial charge in [-0.25, -0.2) is 0 Å². The smallest absolute Gasteiger partial charge is 0.214 e. The summed E-state index contributed by atoms with van der Waals surface area (Å²) >= 11 is 3.45. The molecule has 0 aromatic carbocycles. The lowest BCUT2D eigenvalue weighted by Gasteiger charge is -2.27. The number of rotatable bonds is 5. The van der Waals surface area contributed by atoms with Crippen LogP contribution in [0.25, 0.3) is 0 Å². The van der Waals surface area contributed by atoms with Crippen molar-refractivity contribution in [2.75, 3.05) is 23.9 Å². The van der Waals surface area contributed by atoms with Crippen LogP contribution in [0.5, 0.6) is 5.88 Å². The van der Waals surface area contributed by atoms with Gasteiger partial charge in [-0.15, -0.1) is 0 Å². The maximum absolute atomic E-state index is 5.11. The topological polar surface area (TPSA) is 25.4 Å². The zero-order chi connectivity index (χ0) is 11.3. The molecule has 0 atom stereocenters. The number of methoxy groups -OCH3 is 1. The molecule has 1 rings (SSSR count). The molecule has 0 aliphatic carbocycles. The zero-order valence-corrected chi connectivity index (χ0v) is 11.0. The lowest BCUT2D eigenvalue weighted by atomic mass is 10.3. The maximum atomic E-state index is 5.11. The summed E-state index contributed by atoms with van der Waals surface area (Å²) in [4.78, 5) is 6.65. The van der Waals surface area contributed by atoms with Gasteiger partial charge < -0.3 is 9.64 Å². The van der Waals surface area contributed by atoms with Crippen LogP contribution in [0.3, 0.4) is 0 Å². The first-order chi connectivity index (χ1) is 7.19. The van der Waals surface area contributed by atoms with E-state index in [1.54, 1.807) is 7.11 Å². The number of anilines is 1. The highest BCUT2D eigenvalue weighted by Gasteiger charge is 2.11. The Morgan fingerprint density at radius 2 is 2.20 bits per heavy atom. The second-order valence-electron chi connectivity index (χ2n) is 3.51. The van der Waals surface area contributed by atoms with Crippen molar-refractivity contribution in [1.29, 1.82) is 0 Å². The summed E-state index contributed by atoms with van der Waals surface area (Å²) in [6.07, 6.45) is 0. The summed E-state index contributed by atoms with van der Waals surface area (Å²) < 4.78 is 5.11. The molecule has 0 aliphatic heterocycles. The van der Waals surface area contributed by atoms with Gasteiger partial charge in [0.25, 0.3) is 0 Å². The van der Waals surface area contributed by atoms with Crippen molar-refractivity contribution in [2.24, 2.45) is 0 Å². The fourth-order valence-corrected chi connectivity index (χ4v) is 1.79. The molecule has 1 heterocycles. The van der Waals surface area contributed by atoms with E-state index in [9.17, 15) is 0 Å². The van der Waals surface area contributed by atoms with Gasteiger partial charge in [0.2, 0.25) is 5.88 Å². The third-order valence-electron chi connectivity index (χ3n) is 2.16. The molecule has 3 nitrogen and oxygen atoms in total. The predicted molar refractivity (Wildman–Crippen MR) is 67.1 cm³/mol. The second kappa shape index (κ2) is 5.95. The molecular weight excluding hydrogens is 256 g/mol. The number of pyridine rings is 1. The van der Waals surface area contributed by atoms with E-state index in [2.05, 4.69) is 39.7 Å². The number of hydrogen-bond acceptors (Lipinski definition) is 3. The van der Waals surface area contributed by atoms with Crippen molar-refractivity contribution in [1.82, 2.24) is 4.98 Å². The van der Waals surface area contributed by atoms with Gasteiger partial charge in [-0.3, -0.25) is 0 Å². The minimum absolute atomic E-state index is 0.433. The Morgan fingerprint density at radius 1 is 1.47 bits per heavy atom. The molecule has 0 bridgehead atoms. The van der Waals surface area contributed by atoms with E-state index >= 15 is 0 Å². The largest absolute Gasteiger partial charge is 0.481 e. The Bertz CT molecular complexity index is 304. The number of ether oxygens (including phenoxy) is 1. The van der Waals surface area contributed by atoms with Crippen molar-refractivity contribution < 1.29 is 4.74 Å². The number of aromatic nitrogens is 1. The summed E-state index contributed by atoms with van der Waals surface area (Å²) in [5.74, 6) is 1.62. The van der Waals surface area contributed by atoms with E-state index in [0.29, 0.717) is 11.9 Å². The summed E-state index contributed by atoms with van der Waals surface area (Å²) in [7, 11) is 1.64. The predicted octanol–water partition coefficient (Wildman–Crippen LogP) is 2.70. The van der Waals surface area contributed by atoms with Gasteiger partial charge in [0.15, 0.2) is 0 Å². The van der Waals surface area contributed by atoms with Crippen LogP contribution in [-0.2, 0) is 0 Å². The van der Waals surface area contributed by atoms with Crippen LogP contribution in [-0.4, -0.2) is 30.0 Å². The molecule has 0 saturated carbocycles. The first-order valence-corrected chi connectivity index (χ1v) is 6.15. The molecule has 0 radical (unpaired) electrons. The zero-order valence-electron chi connectivity index (χ0n) is 9.40. The highest BCUT2D eigenvalue weighted by molar-refractivity contribution is 9.09. The highest BCUT2D eigenvalue weighted by atomic mass is 79.9. The van der Waals surface area contributed by atoms with Crippen molar-refractivity contribution in [3.63, 3.8) is 0 Å². The molecule has 1 aromatic heterocycles. The van der Waals surface area contributed by atoms with E-state index in [0.717, 1.165) is 17.7 Å². The van der Waals surface area contributed by atoms with E-state index < -0.39 is 0 Å². The van der Waals surface area contributed by atoms with E-state index in [4.69, 9.17) is 4.74 Å². The van der Waals surface area contributed by atoms with Crippen LogP contribution in [0.2, 0.25) is 0 Å². The highest BCUT2D eigenvalue weighted by Crippen LogP contribution is 2.17. The molecule has 84 valence electrons. The van der Waals surface area contributed by atoms with Crippen LogP contribution >= 0.6 is 15.9 Å². The first-order valence-electron chi connectivity index (χ1n) is 5.02. The normalized spacial score (nSPS) is 10.5. The lowest BCUT2D eigenvalue weighted by Crippen LogP contribution is -2.33. The molecule has 4 heteroatoms. The minimum atomic E-state index is 0.433.